The van der Waals surface area contributed by atoms with Crippen LogP contribution in [0.1, 0.15) is 6.92 Å². The van der Waals surface area contributed by atoms with E-state index in [2.05, 4.69) is 0 Å². The van der Waals surface area contributed by atoms with Crippen molar-refractivity contribution in [1.29, 1.82) is 0 Å². The maximum absolute atomic E-state index is 11.1. The van der Waals surface area contributed by atoms with Crippen LogP contribution < -0.4 is 0 Å². The van der Waals surface area contributed by atoms with Gasteiger partial charge in [0.05, 0.1) is 0 Å². The molecule has 7 heteroatoms. The Bertz CT molecular complexity index is 321. The van der Waals surface area contributed by atoms with Gasteiger partial charge in [-0.3, -0.25) is 9.59 Å². The number of sulfone groups is 1. The van der Waals surface area contributed by atoms with Crippen molar-refractivity contribution in [1.82, 2.24) is 4.90 Å². The van der Waals surface area contributed by atoms with Crippen LogP contribution in [0.4, 0.5) is 0 Å². The molecule has 0 aliphatic heterocycles. The highest BCUT2D eigenvalue weighted by atomic mass is 32.2. The third-order valence-electron chi connectivity index (χ3n) is 1.58. The minimum Gasteiger partial charge on any atom is -0.480 e. The summed E-state index contributed by atoms with van der Waals surface area (Å²) in [6, 6.07) is 0. The average molecular weight is 223 g/mol. The molecule has 82 valence electrons. The fraction of sp³-hybridized carbons (Fsp3) is 0.714. The molecule has 0 heterocycles. The summed E-state index contributed by atoms with van der Waals surface area (Å²) in [5, 5.41) is 8.34. The van der Waals surface area contributed by atoms with Crippen LogP contribution in [0.15, 0.2) is 0 Å². The smallest absolute Gasteiger partial charge is 0.323 e. The molecule has 0 aliphatic carbocycles. The van der Waals surface area contributed by atoms with Gasteiger partial charge in [0, 0.05) is 12.8 Å². The number of hydrogen-bond donors (Lipinski definition) is 1. The highest BCUT2D eigenvalue weighted by molar-refractivity contribution is 7.92. The summed E-state index contributed by atoms with van der Waals surface area (Å²) < 4.78 is 22.0. The first-order valence-electron chi connectivity index (χ1n) is 3.94. The second-order valence-corrected chi connectivity index (χ2v) is 5.17. The van der Waals surface area contributed by atoms with Crippen molar-refractivity contribution in [3.05, 3.63) is 0 Å². The third-order valence-corrected chi connectivity index (χ3v) is 3.15. The van der Waals surface area contributed by atoms with E-state index < -0.39 is 34.0 Å². The van der Waals surface area contributed by atoms with E-state index in [1.165, 1.54) is 14.0 Å². The van der Waals surface area contributed by atoms with Crippen LogP contribution in [-0.4, -0.2) is 55.4 Å². The number of amides is 1. The van der Waals surface area contributed by atoms with Gasteiger partial charge in [0.15, 0.2) is 9.84 Å². The zero-order chi connectivity index (χ0) is 11.4. The second kappa shape index (κ2) is 4.94. The van der Waals surface area contributed by atoms with Crippen LogP contribution in [0.25, 0.3) is 0 Å². The zero-order valence-electron chi connectivity index (χ0n) is 8.06. The number of carboxylic acid groups (broad SMARTS) is 1. The Balaban J connectivity index is 4.29. The zero-order valence-corrected chi connectivity index (χ0v) is 8.87. The number of carbonyl (C=O) groups is 2. The van der Waals surface area contributed by atoms with Gasteiger partial charge in [-0.05, 0) is 0 Å². The van der Waals surface area contributed by atoms with Crippen molar-refractivity contribution in [3.63, 3.8) is 0 Å². The van der Waals surface area contributed by atoms with E-state index in [0.717, 1.165) is 4.90 Å². The molecule has 0 atom stereocenters. The number of likely N-dealkylation sites (N-methyl/N-ethyl adjacent to an activating group) is 1. The van der Waals surface area contributed by atoms with Crippen LogP contribution in [0.3, 0.4) is 0 Å². The Hall–Kier alpha value is -1.11. The van der Waals surface area contributed by atoms with Crippen LogP contribution in [0.2, 0.25) is 0 Å². The topological polar surface area (TPSA) is 91.8 Å². The summed E-state index contributed by atoms with van der Waals surface area (Å²) in [5.74, 6) is -2.63. The van der Waals surface area contributed by atoms with E-state index >= 15 is 0 Å². The van der Waals surface area contributed by atoms with E-state index in [-0.39, 0.29) is 5.75 Å². The molecule has 0 saturated heterocycles. The van der Waals surface area contributed by atoms with Crippen molar-refractivity contribution in [2.75, 3.05) is 25.1 Å². The minimum absolute atomic E-state index is 0.125. The van der Waals surface area contributed by atoms with Gasteiger partial charge in [0.1, 0.15) is 12.3 Å². The van der Waals surface area contributed by atoms with Crippen molar-refractivity contribution in [2.45, 2.75) is 6.92 Å². The predicted molar refractivity (Wildman–Crippen MR) is 49.6 cm³/mol. The molecule has 0 fully saturated rings. The lowest BCUT2D eigenvalue weighted by Crippen LogP contribution is -2.36. The van der Waals surface area contributed by atoms with Crippen LogP contribution in [0, 0.1) is 0 Å². The molecule has 14 heavy (non-hydrogen) atoms. The summed E-state index contributed by atoms with van der Waals surface area (Å²) in [4.78, 5) is 22.2. The molecular formula is C7H13NO5S. The molecule has 1 amide bonds. The Labute approximate surface area is 82.4 Å². The van der Waals surface area contributed by atoms with Gasteiger partial charge in [0.2, 0.25) is 5.91 Å². The van der Waals surface area contributed by atoms with Crippen molar-refractivity contribution < 1.29 is 23.1 Å². The number of carboxylic acids is 1. The molecule has 0 bridgehead atoms. The Morgan fingerprint density at radius 3 is 2.21 bits per heavy atom. The van der Waals surface area contributed by atoms with E-state index in [0.29, 0.717) is 0 Å². The predicted octanol–water partition coefficient (Wildman–Crippen LogP) is -1.04. The average Bonchev–Trinajstić information content (AvgIpc) is 2.02. The van der Waals surface area contributed by atoms with Crippen molar-refractivity contribution in [2.24, 2.45) is 0 Å². The largest absolute Gasteiger partial charge is 0.480 e. The molecule has 0 aliphatic rings. The minimum atomic E-state index is -3.38. The van der Waals surface area contributed by atoms with Crippen molar-refractivity contribution >= 4 is 21.7 Å². The van der Waals surface area contributed by atoms with Gasteiger partial charge in [0.25, 0.3) is 0 Å². The summed E-state index contributed by atoms with van der Waals surface area (Å²) in [6.07, 6.45) is 0. The number of rotatable bonds is 5. The molecule has 0 aromatic heterocycles. The van der Waals surface area contributed by atoms with E-state index in [4.69, 9.17) is 5.11 Å². The molecule has 1 N–H and O–H groups in total. The van der Waals surface area contributed by atoms with Gasteiger partial charge in [-0.15, -0.1) is 0 Å². The number of carbonyl (C=O) groups excluding carboxylic acids is 1. The summed E-state index contributed by atoms with van der Waals surface area (Å²) in [5.41, 5.74) is 0. The standard InChI is InChI=1S/C7H13NO5S/c1-3-14(12,13)5-6(9)8(2)4-7(10)11/h3-5H2,1-2H3,(H,10,11). The Morgan fingerprint density at radius 2 is 1.86 bits per heavy atom. The van der Waals surface area contributed by atoms with E-state index in [1.54, 1.807) is 0 Å². The van der Waals surface area contributed by atoms with Gasteiger partial charge in [-0.2, -0.15) is 0 Å². The molecule has 6 nitrogen and oxygen atoms in total. The molecule has 0 saturated carbocycles. The maximum Gasteiger partial charge on any atom is 0.323 e. The highest BCUT2D eigenvalue weighted by Crippen LogP contribution is 1.93. The Morgan fingerprint density at radius 1 is 1.36 bits per heavy atom. The fourth-order valence-corrected chi connectivity index (χ4v) is 1.49. The molecule has 0 rings (SSSR count). The van der Waals surface area contributed by atoms with Crippen LogP contribution in [0.5, 0.6) is 0 Å². The first-order chi connectivity index (χ1) is 6.28. The number of hydrogen-bond acceptors (Lipinski definition) is 4. The Kier molecular flexibility index (Phi) is 4.55. The second-order valence-electron chi connectivity index (χ2n) is 2.82. The number of aliphatic carboxylic acids is 1. The lowest BCUT2D eigenvalue weighted by atomic mass is 10.5. The summed E-state index contributed by atoms with van der Waals surface area (Å²) >= 11 is 0. The van der Waals surface area contributed by atoms with E-state index in [9.17, 15) is 18.0 Å². The van der Waals surface area contributed by atoms with Gasteiger partial charge in [-0.1, -0.05) is 6.92 Å². The molecule has 0 aromatic carbocycles. The molecule has 0 aromatic rings. The summed E-state index contributed by atoms with van der Waals surface area (Å²) in [6.45, 7) is 0.942. The van der Waals surface area contributed by atoms with Crippen molar-refractivity contribution in [3.8, 4) is 0 Å². The quantitative estimate of drug-likeness (QED) is 0.643. The molecule has 0 radical (unpaired) electrons. The monoisotopic (exact) mass is 223 g/mol. The lowest BCUT2D eigenvalue weighted by molar-refractivity contribution is -0.142. The normalized spacial score (nSPS) is 11.0. The van der Waals surface area contributed by atoms with Gasteiger partial charge < -0.3 is 10.0 Å². The first kappa shape index (κ1) is 12.9. The highest BCUT2D eigenvalue weighted by Gasteiger charge is 2.19. The molecule has 0 spiro atoms. The van der Waals surface area contributed by atoms with Crippen LogP contribution >= 0.6 is 0 Å². The first-order valence-corrected chi connectivity index (χ1v) is 5.77. The maximum atomic E-state index is 11.1. The van der Waals surface area contributed by atoms with Gasteiger partial charge >= 0.3 is 5.97 Å². The van der Waals surface area contributed by atoms with E-state index in [1.807, 2.05) is 0 Å². The number of nitrogens with zero attached hydrogens (tertiary/aromatic N) is 1. The third kappa shape index (κ3) is 4.80. The summed E-state index contributed by atoms with van der Waals surface area (Å²) in [7, 11) is -2.13. The molecular weight excluding hydrogens is 210 g/mol. The lowest BCUT2D eigenvalue weighted by Gasteiger charge is -2.13. The SMILES string of the molecule is CCS(=O)(=O)CC(=O)N(C)CC(=O)O. The van der Waals surface area contributed by atoms with Crippen LogP contribution in [-0.2, 0) is 19.4 Å². The fourth-order valence-electron chi connectivity index (χ4n) is 0.691. The molecule has 0 unspecified atom stereocenters. The van der Waals surface area contributed by atoms with Gasteiger partial charge in [-0.25, -0.2) is 8.42 Å².